The Morgan fingerprint density at radius 1 is 1.00 bits per heavy atom. The van der Waals surface area contributed by atoms with Crippen LogP contribution in [0, 0.1) is 20.8 Å². The molecule has 0 fully saturated rings. The smallest absolute Gasteiger partial charge is 0.390 e. The average molecular weight is 483 g/mol. The number of aliphatic hydroxyl groups is 1. The van der Waals surface area contributed by atoms with Gasteiger partial charge in [0.25, 0.3) is 0 Å². The Bertz CT molecular complexity index is 1370. The monoisotopic (exact) mass is 482 g/mol. The lowest BCUT2D eigenvalue weighted by atomic mass is 10.0. The number of aromatic nitrogens is 5. The molecule has 1 aromatic carbocycles. The first-order chi connectivity index (χ1) is 16.6. The Hall–Kier alpha value is -3.79. The number of anilines is 1. The van der Waals surface area contributed by atoms with Crippen LogP contribution in [-0.4, -0.2) is 29.8 Å². The molecule has 4 aromatic rings. The van der Waals surface area contributed by atoms with E-state index in [-0.39, 0.29) is 12.2 Å². The maximum Gasteiger partial charge on any atom is 0.416 e. The number of rotatable bonds is 6. The summed E-state index contributed by atoms with van der Waals surface area (Å²) >= 11 is 0. The molecular weight excluding hydrogens is 457 g/mol. The first-order valence-electron chi connectivity index (χ1n) is 11.0. The van der Waals surface area contributed by atoms with Gasteiger partial charge >= 0.3 is 6.18 Å². The zero-order valence-electron chi connectivity index (χ0n) is 19.7. The number of pyridine rings is 1. The Morgan fingerprint density at radius 2 is 1.77 bits per heavy atom. The third kappa shape index (κ3) is 5.17. The fourth-order valence-corrected chi connectivity index (χ4v) is 3.80. The minimum atomic E-state index is -4.41. The van der Waals surface area contributed by atoms with E-state index in [9.17, 15) is 18.3 Å². The molecule has 0 aliphatic rings. The highest BCUT2D eigenvalue weighted by Gasteiger charge is 2.32. The fraction of sp³-hybridized carbons (Fsp3) is 0.280. The molecular formula is C25H25F3N6O. The molecule has 0 aliphatic carbocycles. The first kappa shape index (κ1) is 24.3. The highest BCUT2D eigenvalue weighted by Crippen LogP contribution is 2.34. The van der Waals surface area contributed by atoms with Gasteiger partial charge < -0.3 is 15.0 Å². The van der Waals surface area contributed by atoms with Crippen LogP contribution in [-0.2, 0) is 12.8 Å². The quantitative estimate of drug-likeness (QED) is 0.386. The van der Waals surface area contributed by atoms with Crippen LogP contribution in [0.3, 0.4) is 0 Å². The average Bonchev–Trinajstić information content (AvgIpc) is 3.25. The number of nitrogens with one attached hydrogen (secondary N) is 1. The largest absolute Gasteiger partial charge is 0.416 e. The number of hydrogen-bond acceptors (Lipinski definition) is 6. The highest BCUT2D eigenvalue weighted by molar-refractivity contribution is 5.60. The van der Waals surface area contributed by atoms with Gasteiger partial charge in [-0.15, -0.1) is 10.2 Å². The number of imidazole rings is 1. The molecule has 4 rings (SSSR count). The predicted octanol–water partition coefficient (Wildman–Crippen LogP) is 5.33. The number of hydrogen-bond donors (Lipinski definition) is 2. The molecule has 1 atom stereocenters. The molecule has 0 radical (unpaired) electrons. The standard InChI is InChI=1S/C25H25F3N6O/c1-14-5-6-18(10-19(14)25(26,27)28)17(4)30-24-15(2)9-21(32-33-24)20-7-8-23(22(12-35)31-20)34-11-16(3)29-13-34/h5-11,13,17,35H,12H2,1-4H3,(H,30,33)/t17-/m0/s1. The number of aliphatic hydroxyl groups excluding tert-OH is 1. The molecule has 35 heavy (non-hydrogen) atoms. The number of aryl methyl sites for hydroxylation is 3. The molecule has 0 spiro atoms. The van der Waals surface area contributed by atoms with Crippen LogP contribution in [0.25, 0.3) is 17.1 Å². The zero-order valence-corrected chi connectivity index (χ0v) is 19.7. The van der Waals surface area contributed by atoms with Gasteiger partial charge in [0.15, 0.2) is 5.82 Å². The summed E-state index contributed by atoms with van der Waals surface area (Å²) < 4.78 is 41.7. The van der Waals surface area contributed by atoms with Crippen LogP contribution in [0.1, 0.15) is 46.6 Å². The maximum atomic E-state index is 13.3. The fourth-order valence-electron chi connectivity index (χ4n) is 3.80. The third-order valence-corrected chi connectivity index (χ3v) is 5.76. The Labute approximate surface area is 200 Å². The third-order valence-electron chi connectivity index (χ3n) is 5.76. The number of benzene rings is 1. The number of nitrogens with zero attached hydrogens (tertiary/aromatic N) is 5. The van der Waals surface area contributed by atoms with Crippen molar-refractivity contribution in [2.75, 3.05) is 5.32 Å². The van der Waals surface area contributed by atoms with Crippen molar-refractivity contribution >= 4 is 5.82 Å². The van der Waals surface area contributed by atoms with E-state index >= 15 is 0 Å². The molecule has 0 aliphatic heterocycles. The second kappa shape index (κ2) is 9.46. The van der Waals surface area contributed by atoms with E-state index in [1.54, 1.807) is 36.0 Å². The van der Waals surface area contributed by atoms with E-state index < -0.39 is 17.8 Å². The molecule has 2 N–H and O–H groups in total. The Kier molecular flexibility index (Phi) is 6.58. The molecule has 182 valence electrons. The summed E-state index contributed by atoms with van der Waals surface area (Å²) in [4.78, 5) is 8.74. The lowest BCUT2D eigenvalue weighted by molar-refractivity contribution is -0.138. The van der Waals surface area contributed by atoms with Crippen molar-refractivity contribution in [2.24, 2.45) is 0 Å². The molecule has 0 saturated heterocycles. The van der Waals surface area contributed by atoms with Crippen molar-refractivity contribution in [3.63, 3.8) is 0 Å². The predicted molar refractivity (Wildman–Crippen MR) is 126 cm³/mol. The summed E-state index contributed by atoms with van der Waals surface area (Å²) in [5, 5.41) is 21.5. The van der Waals surface area contributed by atoms with Gasteiger partial charge in [-0.2, -0.15) is 13.2 Å². The zero-order chi connectivity index (χ0) is 25.3. The number of halogens is 3. The molecule has 0 bridgehead atoms. The van der Waals surface area contributed by atoms with E-state index in [0.29, 0.717) is 34.2 Å². The molecule has 0 amide bonds. The lowest BCUT2D eigenvalue weighted by Crippen LogP contribution is -2.13. The van der Waals surface area contributed by atoms with Crippen molar-refractivity contribution < 1.29 is 18.3 Å². The molecule has 3 heterocycles. The van der Waals surface area contributed by atoms with Gasteiger partial charge in [-0.25, -0.2) is 9.97 Å². The van der Waals surface area contributed by atoms with Crippen molar-refractivity contribution in [1.29, 1.82) is 0 Å². The summed E-state index contributed by atoms with van der Waals surface area (Å²) in [7, 11) is 0. The van der Waals surface area contributed by atoms with Gasteiger partial charge in [-0.05, 0) is 68.7 Å². The molecule has 7 nitrogen and oxygen atoms in total. The van der Waals surface area contributed by atoms with Crippen LogP contribution >= 0.6 is 0 Å². The second-order valence-corrected chi connectivity index (χ2v) is 8.44. The Balaban J connectivity index is 1.57. The molecule has 3 aromatic heterocycles. The summed E-state index contributed by atoms with van der Waals surface area (Å²) in [5.41, 5.74) is 3.85. The van der Waals surface area contributed by atoms with Gasteiger partial charge in [0.1, 0.15) is 5.69 Å². The van der Waals surface area contributed by atoms with Gasteiger partial charge in [-0.3, -0.25) is 0 Å². The van der Waals surface area contributed by atoms with Gasteiger partial charge in [0.05, 0.1) is 47.3 Å². The van der Waals surface area contributed by atoms with Crippen LogP contribution in [0.15, 0.2) is 48.9 Å². The van der Waals surface area contributed by atoms with Crippen molar-refractivity contribution in [1.82, 2.24) is 24.7 Å². The SMILES string of the molecule is Cc1cn(-c2ccc(-c3cc(C)c(N[C@@H](C)c4ccc(C)c(C(F)(F)F)c4)nn3)nc2CO)cn1. The van der Waals surface area contributed by atoms with E-state index in [2.05, 4.69) is 25.5 Å². The van der Waals surface area contributed by atoms with Gasteiger partial charge in [0.2, 0.25) is 0 Å². The van der Waals surface area contributed by atoms with Crippen molar-refractivity contribution in [2.45, 2.75) is 46.5 Å². The number of alkyl halides is 3. The normalized spacial score (nSPS) is 12.6. The molecule has 0 unspecified atom stereocenters. The Morgan fingerprint density at radius 3 is 2.40 bits per heavy atom. The van der Waals surface area contributed by atoms with Gasteiger partial charge in [0, 0.05) is 6.20 Å². The second-order valence-electron chi connectivity index (χ2n) is 8.44. The molecule has 0 saturated carbocycles. The topological polar surface area (TPSA) is 88.8 Å². The van der Waals surface area contributed by atoms with Crippen LogP contribution in [0.5, 0.6) is 0 Å². The lowest BCUT2D eigenvalue weighted by Gasteiger charge is -2.19. The van der Waals surface area contributed by atoms with E-state index in [1.807, 2.05) is 26.1 Å². The summed E-state index contributed by atoms with van der Waals surface area (Å²) in [6.45, 7) is 6.66. The first-order valence-corrected chi connectivity index (χ1v) is 11.0. The van der Waals surface area contributed by atoms with E-state index in [1.165, 1.54) is 13.0 Å². The highest BCUT2D eigenvalue weighted by atomic mass is 19.4. The maximum absolute atomic E-state index is 13.3. The summed E-state index contributed by atoms with van der Waals surface area (Å²) in [6, 6.07) is 9.29. The van der Waals surface area contributed by atoms with Crippen LogP contribution in [0.4, 0.5) is 19.0 Å². The van der Waals surface area contributed by atoms with Gasteiger partial charge in [-0.1, -0.05) is 12.1 Å². The van der Waals surface area contributed by atoms with Crippen LogP contribution < -0.4 is 5.32 Å². The summed E-state index contributed by atoms with van der Waals surface area (Å²) in [6.07, 6.45) is -0.917. The van der Waals surface area contributed by atoms with Crippen molar-refractivity contribution in [3.8, 4) is 17.1 Å². The van der Waals surface area contributed by atoms with Crippen LogP contribution in [0.2, 0.25) is 0 Å². The molecule has 10 heteroatoms. The van der Waals surface area contributed by atoms with Crippen molar-refractivity contribution in [3.05, 3.63) is 82.6 Å². The summed E-state index contributed by atoms with van der Waals surface area (Å²) in [5.74, 6) is 0.461. The van der Waals surface area contributed by atoms with E-state index in [0.717, 1.165) is 17.3 Å². The minimum absolute atomic E-state index is 0.178. The van der Waals surface area contributed by atoms with E-state index in [4.69, 9.17) is 0 Å². The minimum Gasteiger partial charge on any atom is -0.390 e.